The molecule has 0 N–H and O–H groups in total. The van der Waals surface area contributed by atoms with Crippen molar-refractivity contribution in [2.75, 3.05) is 26.3 Å². The molecule has 2 fully saturated rings. The highest BCUT2D eigenvalue weighted by atomic mass is 32.2. The van der Waals surface area contributed by atoms with Gasteiger partial charge in [-0.15, -0.1) is 0 Å². The standard InChI is InChI=1S/C16H24N2O4S/c1-13(2)23(19,20)18-11-16(12-18)14(7-10-22-16)6-9-21-15-5-3-4-8-17-15/h3-5,8,13-14H,6-7,9-12H2,1-2H3/t14-/m1/s1. The first-order valence-electron chi connectivity index (χ1n) is 8.11. The molecule has 0 amide bonds. The van der Waals surface area contributed by atoms with Gasteiger partial charge in [-0.2, -0.15) is 4.31 Å². The van der Waals surface area contributed by atoms with Gasteiger partial charge in [0.05, 0.1) is 17.5 Å². The second-order valence-electron chi connectivity index (χ2n) is 6.57. The van der Waals surface area contributed by atoms with Crippen LogP contribution in [0.1, 0.15) is 26.7 Å². The normalized spacial score (nSPS) is 24.0. The van der Waals surface area contributed by atoms with E-state index in [0.717, 1.165) is 12.8 Å². The molecule has 7 heteroatoms. The Kier molecular flexibility index (Phi) is 4.62. The number of hydrogen-bond donors (Lipinski definition) is 0. The Hall–Kier alpha value is -1.18. The second kappa shape index (κ2) is 6.37. The topological polar surface area (TPSA) is 68.7 Å². The summed E-state index contributed by atoms with van der Waals surface area (Å²) in [5, 5.41) is -0.382. The molecule has 1 atom stereocenters. The summed E-state index contributed by atoms with van der Waals surface area (Å²) in [7, 11) is -3.18. The van der Waals surface area contributed by atoms with E-state index in [9.17, 15) is 8.42 Å². The van der Waals surface area contributed by atoms with E-state index in [1.54, 1.807) is 24.3 Å². The molecule has 6 nitrogen and oxygen atoms in total. The summed E-state index contributed by atoms with van der Waals surface area (Å²) in [6.45, 7) is 5.65. The van der Waals surface area contributed by atoms with Gasteiger partial charge in [0.1, 0.15) is 0 Å². The van der Waals surface area contributed by atoms with Crippen molar-refractivity contribution in [1.82, 2.24) is 9.29 Å². The lowest BCUT2D eigenvalue weighted by atomic mass is 9.80. The van der Waals surface area contributed by atoms with Crippen molar-refractivity contribution in [3.63, 3.8) is 0 Å². The molecule has 2 aliphatic rings. The largest absolute Gasteiger partial charge is 0.478 e. The minimum Gasteiger partial charge on any atom is -0.478 e. The van der Waals surface area contributed by atoms with Crippen LogP contribution in [0.5, 0.6) is 5.88 Å². The Balaban J connectivity index is 1.53. The predicted octanol–water partition coefficient (Wildman–Crippen LogP) is 1.68. The summed E-state index contributed by atoms with van der Waals surface area (Å²) in [5.74, 6) is 0.961. The van der Waals surface area contributed by atoms with Gasteiger partial charge in [0.25, 0.3) is 0 Å². The first-order valence-corrected chi connectivity index (χ1v) is 9.61. The van der Waals surface area contributed by atoms with Crippen LogP contribution in [0.25, 0.3) is 0 Å². The minimum absolute atomic E-state index is 0.310. The molecule has 0 bridgehead atoms. The van der Waals surface area contributed by atoms with E-state index < -0.39 is 10.0 Å². The van der Waals surface area contributed by atoms with E-state index in [2.05, 4.69) is 4.98 Å². The maximum atomic E-state index is 12.2. The summed E-state index contributed by atoms with van der Waals surface area (Å²) < 4.78 is 37.5. The number of hydrogen-bond acceptors (Lipinski definition) is 5. The van der Waals surface area contributed by atoms with Crippen LogP contribution in [-0.4, -0.2) is 54.9 Å². The molecular formula is C16H24N2O4S. The van der Waals surface area contributed by atoms with Gasteiger partial charge in [-0.3, -0.25) is 0 Å². The monoisotopic (exact) mass is 340 g/mol. The number of aromatic nitrogens is 1. The highest BCUT2D eigenvalue weighted by Crippen LogP contribution is 2.43. The summed E-state index contributed by atoms with van der Waals surface area (Å²) in [4.78, 5) is 4.14. The Bertz CT molecular complexity index is 627. The Morgan fingerprint density at radius 3 is 2.87 bits per heavy atom. The molecule has 0 aromatic carbocycles. The van der Waals surface area contributed by atoms with Crippen molar-refractivity contribution in [2.45, 2.75) is 37.5 Å². The molecule has 23 heavy (non-hydrogen) atoms. The molecule has 0 saturated carbocycles. The Morgan fingerprint density at radius 1 is 1.43 bits per heavy atom. The van der Waals surface area contributed by atoms with E-state index in [1.165, 1.54) is 0 Å². The van der Waals surface area contributed by atoms with E-state index >= 15 is 0 Å². The van der Waals surface area contributed by atoms with E-state index in [1.807, 2.05) is 18.2 Å². The Morgan fingerprint density at radius 2 is 2.22 bits per heavy atom. The number of pyridine rings is 1. The average molecular weight is 340 g/mol. The van der Waals surface area contributed by atoms with Crippen LogP contribution < -0.4 is 4.74 Å². The third kappa shape index (κ3) is 3.22. The first-order chi connectivity index (χ1) is 10.9. The fourth-order valence-electron chi connectivity index (χ4n) is 3.31. The fourth-order valence-corrected chi connectivity index (χ4v) is 4.70. The lowest BCUT2D eigenvalue weighted by molar-refractivity contribution is -0.104. The number of ether oxygens (including phenoxy) is 2. The second-order valence-corrected chi connectivity index (χ2v) is 9.05. The number of sulfonamides is 1. The molecule has 3 heterocycles. The average Bonchev–Trinajstić information content (AvgIpc) is 2.90. The smallest absolute Gasteiger partial charge is 0.216 e. The predicted molar refractivity (Wildman–Crippen MR) is 86.8 cm³/mol. The lowest BCUT2D eigenvalue weighted by Gasteiger charge is -2.49. The summed E-state index contributed by atoms with van der Waals surface area (Å²) in [5.41, 5.74) is -0.310. The molecule has 0 radical (unpaired) electrons. The van der Waals surface area contributed by atoms with E-state index in [-0.39, 0.29) is 10.9 Å². The summed E-state index contributed by atoms with van der Waals surface area (Å²) in [6.07, 6.45) is 3.52. The molecular weight excluding hydrogens is 316 g/mol. The minimum atomic E-state index is -3.18. The van der Waals surface area contributed by atoms with Gasteiger partial charge in [0, 0.05) is 32.0 Å². The third-order valence-electron chi connectivity index (χ3n) is 4.80. The van der Waals surface area contributed by atoms with Crippen LogP contribution in [0.2, 0.25) is 0 Å². The first kappa shape index (κ1) is 16.7. The van der Waals surface area contributed by atoms with Gasteiger partial charge in [-0.05, 0) is 38.7 Å². The van der Waals surface area contributed by atoms with Gasteiger partial charge >= 0.3 is 0 Å². The third-order valence-corrected chi connectivity index (χ3v) is 6.97. The van der Waals surface area contributed by atoms with Gasteiger partial charge in [-0.1, -0.05) is 6.07 Å². The highest BCUT2D eigenvalue weighted by Gasteiger charge is 2.56. The highest BCUT2D eigenvalue weighted by molar-refractivity contribution is 7.89. The molecule has 1 aromatic rings. The fraction of sp³-hybridized carbons (Fsp3) is 0.688. The molecule has 128 valence electrons. The van der Waals surface area contributed by atoms with Gasteiger partial charge in [-0.25, -0.2) is 13.4 Å². The van der Waals surface area contributed by atoms with Crippen LogP contribution in [0.3, 0.4) is 0 Å². The van der Waals surface area contributed by atoms with Crippen molar-refractivity contribution in [3.8, 4) is 5.88 Å². The van der Waals surface area contributed by atoms with Gasteiger partial charge in [0.2, 0.25) is 15.9 Å². The molecule has 1 aromatic heterocycles. The zero-order valence-corrected chi connectivity index (χ0v) is 14.5. The maximum absolute atomic E-state index is 12.2. The zero-order valence-electron chi connectivity index (χ0n) is 13.6. The zero-order chi connectivity index (χ0) is 16.5. The van der Waals surface area contributed by atoms with Crippen LogP contribution in [0.4, 0.5) is 0 Å². The van der Waals surface area contributed by atoms with Crippen LogP contribution in [-0.2, 0) is 14.8 Å². The van der Waals surface area contributed by atoms with Crippen molar-refractivity contribution >= 4 is 10.0 Å². The van der Waals surface area contributed by atoms with E-state index in [0.29, 0.717) is 38.1 Å². The SMILES string of the molecule is CC(C)S(=O)(=O)N1CC2(C1)OCC[C@H]2CCOc1ccccn1. The van der Waals surface area contributed by atoms with Crippen LogP contribution >= 0.6 is 0 Å². The van der Waals surface area contributed by atoms with Crippen molar-refractivity contribution in [3.05, 3.63) is 24.4 Å². The van der Waals surface area contributed by atoms with Crippen molar-refractivity contribution < 1.29 is 17.9 Å². The van der Waals surface area contributed by atoms with Gasteiger partial charge < -0.3 is 9.47 Å². The molecule has 2 saturated heterocycles. The van der Waals surface area contributed by atoms with Crippen molar-refractivity contribution in [2.24, 2.45) is 5.92 Å². The molecule has 0 aliphatic carbocycles. The van der Waals surface area contributed by atoms with E-state index in [4.69, 9.17) is 9.47 Å². The number of nitrogens with zero attached hydrogens (tertiary/aromatic N) is 2. The molecule has 1 spiro atoms. The van der Waals surface area contributed by atoms with Crippen LogP contribution in [0, 0.1) is 5.92 Å². The Labute approximate surface area is 137 Å². The lowest BCUT2D eigenvalue weighted by Crippen LogP contribution is -2.66. The quantitative estimate of drug-likeness (QED) is 0.788. The van der Waals surface area contributed by atoms with Gasteiger partial charge in [0.15, 0.2) is 0 Å². The molecule has 0 unspecified atom stereocenters. The number of rotatable bonds is 6. The molecule has 3 rings (SSSR count). The maximum Gasteiger partial charge on any atom is 0.216 e. The summed E-state index contributed by atoms with van der Waals surface area (Å²) >= 11 is 0. The van der Waals surface area contributed by atoms with Crippen LogP contribution in [0.15, 0.2) is 24.4 Å². The van der Waals surface area contributed by atoms with Crippen molar-refractivity contribution in [1.29, 1.82) is 0 Å². The summed E-state index contributed by atoms with van der Waals surface area (Å²) in [6, 6.07) is 5.58. The molecule has 2 aliphatic heterocycles.